The van der Waals surface area contributed by atoms with E-state index in [4.69, 9.17) is 9.47 Å². The maximum Gasteiger partial charge on any atom is 0.0925 e. The zero-order valence-electron chi connectivity index (χ0n) is 11.9. The molecule has 0 saturated carbocycles. The Bertz CT molecular complexity index is 397. The fourth-order valence-corrected chi connectivity index (χ4v) is 3.29. The van der Waals surface area contributed by atoms with Crippen LogP contribution in [0.5, 0.6) is 0 Å². The van der Waals surface area contributed by atoms with Crippen molar-refractivity contribution in [2.75, 3.05) is 5.33 Å². The Labute approximate surface area is 124 Å². The Balaban J connectivity index is 2.02. The second kappa shape index (κ2) is 6.87. The summed E-state index contributed by atoms with van der Waals surface area (Å²) in [6.07, 6.45) is 2.98. The van der Waals surface area contributed by atoms with Crippen LogP contribution in [0.2, 0.25) is 0 Å². The van der Waals surface area contributed by atoms with Crippen LogP contribution in [0.4, 0.5) is 0 Å². The van der Waals surface area contributed by atoms with Gasteiger partial charge in [0.2, 0.25) is 0 Å². The van der Waals surface area contributed by atoms with Gasteiger partial charge in [-0.25, -0.2) is 0 Å². The lowest BCUT2D eigenvalue weighted by Gasteiger charge is -2.34. The average Bonchev–Trinajstić information content (AvgIpc) is 2.34. The number of hydrogen-bond donors (Lipinski definition) is 0. The van der Waals surface area contributed by atoms with E-state index >= 15 is 0 Å². The van der Waals surface area contributed by atoms with Gasteiger partial charge in [-0.1, -0.05) is 45.8 Å². The SMILES string of the molecule is Cc1cccc(C(CBr)OC2CC(C)OC(C)C2)c1. The van der Waals surface area contributed by atoms with Crippen molar-refractivity contribution in [3.8, 4) is 0 Å². The van der Waals surface area contributed by atoms with E-state index in [1.165, 1.54) is 11.1 Å². The van der Waals surface area contributed by atoms with Crippen molar-refractivity contribution in [3.05, 3.63) is 35.4 Å². The number of aryl methyl sites for hydroxylation is 1. The number of rotatable bonds is 4. The molecule has 19 heavy (non-hydrogen) atoms. The van der Waals surface area contributed by atoms with Crippen LogP contribution in [-0.2, 0) is 9.47 Å². The summed E-state index contributed by atoms with van der Waals surface area (Å²) >= 11 is 3.58. The van der Waals surface area contributed by atoms with Crippen molar-refractivity contribution >= 4 is 15.9 Å². The Kier molecular flexibility index (Phi) is 5.43. The van der Waals surface area contributed by atoms with Gasteiger partial charge in [0.05, 0.1) is 24.4 Å². The minimum absolute atomic E-state index is 0.127. The summed E-state index contributed by atoms with van der Waals surface area (Å²) < 4.78 is 12.1. The topological polar surface area (TPSA) is 18.5 Å². The maximum atomic E-state index is 6.30. The summed E-state index contributed by atoms with van der Waals surface area (Å²) in [5.41, 5.74) is 2.53. The van der Waals surface area contributed by atoms with Gasteiger partial charge in [-0.3, -0.25) is 0 Å². The van der Waals surface area contributed by atoms with Crippen LogP contribution in [0.3, 0.4) is 0 Å². The zero-order valence-corrected chi connectivity index (χ0v) is 13.5. The first kappa shape index (κ1) is 15.0. The first-order valence-corrected chi connectivity index (χ1v) is 8.14. The second-order valence-electron chi connectivity index (χ2n) is 5.54. The number of benzene rings is 1. The van der Waals surface area contributed by atoms with Crippen molar-refractivity contribution in [3.63, 3.8) is 0 Å². The molecular weight excluding hydrogens is 304 g/mol. The molecule has 2 nitrogen and oxygen atoms in total. The first-order chi connectivity index (χ1) is 9.08. The molecule has 1 aliphatic rings. The van der Waals surface area contributed by atoms with E-state index in [9.17, 15) is 0 Å². The minimum atomic E-state index is 0.127. The van der Waals surface area contributed by atoms with Gasteiger partial charge in [0, 0.05) is 5.33 Å². The van der Waals surface area contributed by atoms with Crippen LogP contribution < -0.4 is 0 Å². The van der Waals surface area contributed by atoms with Crippen molar-refractivity contribution in [1.82, 2.24) is 0 Å². The highest BCUT2D eigenvalue weighted by atomic mass is 79.9. The molecule has 0 N–H and O–H groups in total. The lowest BCUT2D eigenvalue weighted by atomic mass is 10.0. The van der Waals surface area contributed by atoms with E-state index in [2.05, 4.69) is 61.0 Å². The maximum absolute atomic E-state index is 6.30. The summed E-state index contributed by atoms with van der Waals surface area (Å²) in [4.78, 5) is 0. The molecule has 1 aromatic carbocycles. The van der Waals surface area contributed by atoms with Gasteiger partial charge in [0.25, 0.3) is 0 Å². The Morgan fingerprint density at radius 3 is 2.58 bits per heavy atom. The number of halogens is 1. The molecule has 3 heteroatoms. The van der Waals surface area contributed by atoms with E-state index in [-0.39, 0.29) is 6.10 Å². The van der Waals surface area contributed by atoms with E-state index < -0.39 is 0 Å². The van der Waals surface area contributed by atoms with E-state index in [1.807, 2.05) is 0 Å². The van der Waals surface area contributed by atoms with Crippen LogP contribution in [0.25, 0.3) is 0 Å². The number of alkyl halides is 1. The molecule has 1 aliphatic heterocycles. The molecule has 0 spiro atoms. The third-order valence-corrected chi connectivity index (χ3v) is 4.15. The standard InChI is InChI=1S/C16H23BrO2/c1-11-5-4-6-14(7-11)16(10-17)19-15-8-12(2)18-13(3)9-15/h4-7,12-13,15-16H,8-10H2,1-3H3. The molecule has 2 rings (SSSR count). The largest absolute Gasteiger partial charge is 0.375 e. The highest BCUT2D eigenvalue weighted by Gasteiger charge is 2.27. The lowest BCUT2D eigenvalue weighted by molar-refractivity contribution is -0.118. The average molecular weight is 327 g/mol. The second-order valence-corrected chi connectivity index (χ2v) is 6.19. The van der Waals surface area contributed by atoms with Crippen LogP contribution in [0.1, 0.15) is 43.9 Å². The van der Waals surface area contributed by atoms with Gasteiger partial charge in [-0.05, 0) is 39.2 Å². The fourth-order valence-electron chi connectivity index (χ4n) is 2.76. The number of ether oxygens (including phenoxy) is 2. The van der Waals surface area contributed by atoms with Gasteiger partial charge >= 0.3 is 0 Å². The highest BCUT2D eigenvalue weighted by molar-refractivity contribution is 9.09. The monoisotopic (exact) mass is 326 g/mol. The van der Waals surface area contributed by atoms with Gasteiger partial charge in [0.15, 0.2) is 0 Å². The predicted molar refractivity (Wildman–Crippen MR) is 81.8 cm³/mol. The van der Waals surface area contributed by atoms with Gasteiger partial charge in [0.1, 0.15) is 0 Å². The Hall–Kier alpha value is -0.380. The predicted octanol–water partition coefficient (Wildman–Crippen LogP) is 4.40. The fraction of sp³-hybridized carbons (Fsp3) is 0.625. The molecule has 1 saturated heterocycles. The first-order valence-electron chi connectivity index (χ1n) is 7.02. The van der Waals surface area contributed by atoms with Crippen molar-refractivity contribution in [1.29, 1.82) is 0 Å². The number of hydrogen-bond acceptors (Lipinski definition) is 2. The van der Waals surface area contributed by atoms with Gasteiger partial charge in [-0.15, -0.1) is 0 Å². The van der Waals surface area contributed by atoms with Crippen LogP contribution in [0, 0.1) is 6.92 Å². The van der Waals surface area contributed by atoms with Crippen LogP contribution in [0.15, 0.2) is 24.3 Å². The Morgan fingerprint density at radius 2 is 2.00 bits per heavy atom. The molecule has 0 aromatic heterocycles. The third-order valence-electron chi connectivity index (χ3n) is 3.57. The lowest BCUT2D eigenvalue weighted by Crippen LogP contribution is -2.35. The molecule has 0 aliphatic carbocycles. The smallest absolute Gasteiger partial charge is 0.0925 e. The summed E-state index contributed by atoms with van der Waals surface area (Å²) in [5.74, 6) is 0. The van der Waals surface area contributed by atoms with Crippen LogP contribution >= 0.6 is 15.9 Å². The summed E-state index contributed by atoms with van der Waals surface area (Å²) in [5, 5.41) is 0.830. The molecule has 1 fully saturated rings. The Morgan fingerprint density at radius 1 is 1.32 bits per heavy atom. The third kappa shape index (κ3) is 4.30. The molecule has 3 unspecified atom stereocenters. The molecular formula is C16H23BrO2. The van der Waals surface area contributed by atoms with Gasteiger partial charge in [-0.2, -0.15) is 0 Å². The van der Waals surface area contributed by atoms with E-state index in [0.29, 0.717) is 18.3 Å². The molecule has 1 aromatic rings. The molecule has 1 heterocycles. The minimum Gasteiger partial charge on any atom is -0.375 e. The molecule has 3 atom stereocenters. The zero-order chi connectivity index (χ0) is 13.8. The van der Waals surface area contributed by atoms with Gasteiger partial charge < -0.3 is 9.47 Å². The molecule has 0 bridgehead atoms. The van der Waals surface area contributed by atoms with Crippen molar-refractivity contribution < 1.29 is 9.47 Å². The summed E-state index contributed by atoms with van der Waals surface area (Å²) in [6.45, 7) is 6.37. The molecule has 0 amide bonds. The summed E-state index contributed by atoms with van der Waals surface area (Å²) in [7, 11) is 0. The van der Waals surface area contributed by atoms with Crippen molar-refractivity contribution in [2.45, 2.75) is 58.0 Å². The van der Waals surface area contributed by atoms with Crippen molar-refractivity contribution in [2.24, 2.45) is 0 Å². The van der Waals surface area contributed by atoms with E-state index in [1.54, 1.807) is 0 Å². The molecule has 106 valence electrons. The quantitative estimate of drug-likeness (QED) is 0.763. The normalized spacial score (nSPS) is 29.2. The van der Waals surface area contributed by atoms with Crippen LogP contribution in [-0.4, -0.2) is 23.6 Å². The van der Waals surface area contributed by atoms with E-state index in [0.717, 1.165) is 18.2 Å². The molecule has 0 radical (unpaired) electrons. The highest BCUT2D eigenvalue weighted by Crippen LogP contribution is 2.29. The summed E-state index contributed by atoms with van der Waals surface area (Å²) in [6, 6.07) is 8.57.